The van der Waals surface area contributed by atoms with Crippen molar-refractivity contribution in [1.82, 2.24) is 15.1 Å². The molecule has 0 radical (unpaired) electrons. The maximum absolute atomic E-state index is 14.4. The highest BCUT2D eigenvalue weighted by atomic mass is 19.2. The van der Waals surface area contributed by atoms with E-state index in [1.54, 1.807) is 13.1 Å². The number of urea groups is 1. The summed E-state index contributed by atoms with van der Waals surface area (Å²) in [5.74, 6) is -4.60. The Hall–Kier alpha value is -3.76. The Bertz CT molecular complexity index is 1190. The van der Waals surface area contributed by atoms with E-state index in [-0.39, 0.29) is 35.3 Å². The molecular formula is C21H18F4N6O. The van der Waals surface area contributed by atoms with Gasteiger partial charge < -0.3 is 0 Å². The molecule has 32 heavy (non-hydrogen) atoms. The molecule has 0 spiro atoms. The monoisotopic (exact) mass is 446 g/mol. The van der Waals surface area contributed by atoms with Crippen LogP contribution in [0, 0.1) is 30.2 Å². The number of carbonyl (C=O) groups excluding carboxylic acids is 1. The van der Waals surface area contributed by atoms with Gasteiger partial charge in [-0.2, -0.15) is 0 Å². The second-order valence-electron chi connectivity index (χ2n) is 7.28. The zero-order valence-corrected chi connectivity index (χ0v) is 17.3. The summed E-state index contributed by atoms with van der Waals surface area (Å²) in [5.41, 5.74) is 1.02. The SMILES string of the molecule is CN=Cc1cc(F)c(C)c(N=C2NC(=O)N(C)C3=NCC(c4cc(F)c(F)c(F)c4)N23)c1. The van der Waals surface area contributed by atoms with Crippen LogP contribution in [0.3, 0.4) is 0 Å². The molecule has 0 aromatic heterocycles. The van der Waals surface area contributed by atoms with E-state index >= 15 is 0 Å². The van der Waals surface area contributed by atoms with Crippen LogP contribution in [0.25, 0.3) is 0 Å². The van der Waals surface area contributed by atoms with Gasteiger partial charge in [0.2, 0.25) is 11.9 Å². The number of halogens is 4. The van der Waals surface area contributed by atoms with Crippen LogP contribution in [-0.2, 0) is 0 Å². The number of guanidine groups is 2. The Morgan fingerprint density at radius 2 is 1.81 bits per heavy atom. The molecule has 1 N–H and O–H groups in total. The maximum atomic E-state index is 14.4. The van der Waals surface area contributed by atoms with E-state index in [1.807, 2.05) is 0 Å². The van der Waals surface area contributed by atoms with Crippen LogP contribution in [0.4, 0.5) is 28.0 Å². The third-order valence-electron chi connectivity index (χ3n) is 5.22. The molecule has 1 fully saturated rings. The highest BCUT2D eigenvalue weighted by molar-refractivity contribution is 6.16. The molecule has 2 aromatic carbocycles. The van der Waals surface area contributed by atoms with Gasteiger partial charge in [-0.05, 0) is 42.3 Å². The van der Waals surface area contributed by atoms with Crippen molar-refractivity contribution >= 4 is 29.9 Å². The van der Waals surface area contributed by atoms with Crippen molar-refractivity contribution < 1.29 is 22.4 Å². The quantitative estimate of drug-likeness (QED) is 0.444. The number of amides is 2. The molecule has 166 valence electrons. The topological polar surface area (TPSA) is 72.7 Å². The number of benzene rings is 2. The van der Waals surface area contributed by atoms with Crippen molar-refractivity contribution in [2.75, 3.05) is 20.6 Å². The van der Waals surface area contributed by atoms with E-state index < -0.39 is 35.3 Å². The summed E-state index contributed by atoms with van der Waals surface area (Å²) in [6, 6.07) is 3.32. The van der Waals surface area contributed by atoms with Crippen molar-refractivity contribution in [2.45, 2.75) is 13.0 Å². The van der Waals surface area contributed by atoms with Gasteiger partial charge in [-0.25, -0.2) is 32.3 Å². The lowest BCUT2D eigenvalue weighted by molar-refractivity contribution is 0.222. The minimum Gasteiger partial charge on any atom is -0.296 e. The lowest BCUT2D eigenvalue weighted by atomic mass is 10.1. The zero-order chi connectivity index (χ0) is 23.2. The first-order valence-electron chi connectivity index (χ1n) is 9.55. The minimum atomic E-state index is -1.58. The van der Waals surface area contributed by atoms with Crippen LogP contribution >= 0.6 is 0 Å². The number of fused-ring (bicyclic) bond motifs is 1. The Labute approximate surface area is 180 Å². The summed E-state index contributed by atoms with van der Waals surface area (Å²) in [6.45, 7) is 1.56. The Balaban J connectivity index is 1.83. The van der Waals surface area contributed by atoms with Gasteiger partial charge in [0.25, 0.3) is 0 Å². The lowest BCUT2D eigenvalue weighted by Gasteiger charge is -2.36. The fourth-order valence-electron chi connectivity index (χ4n) is 3.55. The van der Waals surface area contributed by atoms with E-state index in [1.165, 1.54) is 36.1 Å². The zero-order valence-electron chi connectivity index (χ0n) is 17.3. The summed E-state index contributed by atoms with van der Waals surface area (Å²) in [5, 5.41) is 2.59. The molecule has 4 rings (SSSR count). The molecule has 7 nitrogen and oxygen atoms in total. The molecule has 2 aliphatic heterocycles. The molecular weight excluding hydrogens is 428 g/mol. The summed E-state index contributed by atoms with van der Waals surface area (Å²) in [7, 11) is 3.01. The summed E-state index contributed by atoms with van der Waals surface area (Å²) < 4.78 is 55.6. The van der Waals surface area contributed by atoms with Gasteiger partial charge in [0.05, 0.1) is 18.3 Å². The fraction of sp³-hybridized carbons (Fsp3) is 0.238. The number of nitrogens with one attached hydrogen (secondary N) is 1. The number of aliphatic imine (C=N–C) groups is 3. The molecule has 2 heterocycles. The number of rotatable bonds is 3. The summed E-state index contributed by atoms with van der Waals surface area (Å²) in [6.07, 6.45) is 1.45. The second-order valence-corrected chi connectivity index (χ2v) is 7.28. The van der Waals surface area contributed by atoms with E-state index in [0.29, 0.717) is 5.56 Å². The van der Waals surface area contributed by atoms with E-state index in [0.717, 1.165) is 12.1 Å². The third kappa shape index (κ3) is 3.59. The van der Waals surface area contributed by atoms with Crippen LogP contribution in [0.5, 0.6) is 0 Å². The minimum absolute atomic E-state index is 0.00687. The van der Waals surface area contributed by atoms with Gasteiger partial charge in [0.1, 0.15) is 5.82 Å². The molecule has 0 saturated carbocycles. The second kappa shape index (κ2) is 8.06. The molecule has 11 heteroatoms. The lowest BCUT2D eigenvalue weighted by Crippen LogP contribution is -2.61. The molecule has 1 saturated heterocycles. The maximum Gasteiger partial charge on any atom is 0.330 e. The number of hydrogen-bond acceptors (Lipinski definition) is 4. The standard InChI is InChI=1S/C21H18F4N6O/c1-10-13(22)4-11(8-26-2)5-16(10)28-19-29-21(32)30(3)20-27-9-17(31(19)20)12-6-14(23)18(25)15(24)7-12/h4-8,17H,9H2,1-3H3,(H,28,29,32). The molecule has 1 unspecified atom stereocenters. The van der Waals surface area contributed by atoms with Crippen molar-refractivity contribution in [3.05, 3.63) is 64.2 Å². The van der Waals surface area contributed by atoms with E-state index in [2.05, 4.69) is 20.3 Å². The van der Waals surface area contributed by atoms with Crippen LogP contribution < -0.4 is 5.32 Å². The fourth-order valence-corrected chi connectivity index (χ4v) is 3.55. The number of carbonyl (C=O) groups is 1. The van der Waals surface area contributed by atoms with Gasteiger partial charge >= 0.3 is 6.03 Å². The van der Waals surface area contributed by atoms with Gasteiger partial charge in [-0.1, -0.05) is 0 Å². The molecule has 0 aliphatic carbocycles. The van der Waals surface area contributed by atoms with Crippen LogP contribution in [0.15, 0.2) is 39.2 Å². The normalized spacial score (nSPS) is 19.6. The largest absolute Gasteiger partial charge is 0.330 e. The third-order valence-corrected chi connectivity index (χ3v) is 5.22. The van der Waals surface area contributed by atoms with Gasteiger partial charge in [0, 0.05) is 25.9 Å². The number of hydrogen-bond donors (Lipinski definition) is 1. The summed E-state index contributed by atoms with van der Waals surface area (Å²) >= 11 is 0. The Morgan fingerprint density at radius 1 is 1.12 bits per heavy atom. The molecule has 1 atom stereocenters. The van der Waals surface area contributed by atoms with Gasteiger partial charge in [-0.15, -0.1) is 0 Å². The molecule has 2 aromatic rings. The van der Waals surface area contributed by atoms with Crippen LogP contribution in [-0.4, -0.2) is 54.6 Å². The molecule has 0 bridgehead atoms. The molecule has 2 amide bonds. The van der Waals surface area contributed by atoms with Crippen molar-refractivity contribution in [1.29, 1.82) is 0 Å². The highest BCUT2D eigenvalue weighted by Gasteiger charge is 2.41. The van der Waals surface area contributed by atoms with Crippen LogP contribution in [0.1, 0.15) is 22.7 Å². The molecule has 2 aliphatic rings. The van der Waals surface area contributed by atoms with E-state index in [9.17, 15) is 22.4 Å². The first kappa shape index (κ1) is 21.5. The average Bonchev–Trinajstić information content (AvgIpc) is 3.19. The highest BCUT2D eigenvalue weighted by Crippen LogP contribution is 2.32. The predicted molar refractivity (Wildman–Crippen MR) is 111 cm³/mol. The Kier molecular flexibility index (Phi) is 5.41. The number of nitrogens with zero attached hydrogens (tertiary/aromatic N) is 5. The summed E-state index contributed by atoms with van der Waals surface area (Å²) in [4.78, 5) is 27.7. The Morgan fingerprint density at radius 3 is 2.47 bits per heavy atom. The van der Waals surface area contributed by atoms with Crippen LogP contribution in [0.2, 0.25) is 0 Å². The van der Waals surface area contributed by atoms with E-state index in [4.69, 9.17) is 0 Å². The van der Waals surface area contributed by atoms with Crippen molar-refractivity contribution in [2.24, 2.45) is 15.0 Å². The van der Waals surface area contributed by atoms with Gasteiger partial charge in [-0.3, -0.25) is 20.1 Å². The first-order valence-corrected chi connectivity index (χ1v) is 9.55. The van der Waals surface area contributed by atoms with Gasteiger partial charge in [0.15, 0.2) is 17.5 Å². The average molecular weight is 446 g/mol. The first-order chi connectivity index (χ1) is 15.2. The van der Waals surface area contributed by atoms with Crippen molar-refractivity contribution in [3.63, 3.8) is 0 Å². The van der Waals surface area contributed by atoms with Crippen molar-refractivity contribution in [3.8, 4) is 0 Å². The predicted octanol–water partition coefficient (Wildman–Crippen LogP) is 3.66. The smallest absolute Gasteiger partial charge is 0.296 e.